The predicted molar refractivity (Wildman–Crippen MR) is 51.0 cm³/mol. The molecule has 0 radical (unpaired) electrons. The smallest absolute Gasteiger partial charge is 0.102 e. The van der Waals surface area contributed by atoms with Gasteiger partial charge in [-0.05, 0) is 11.6 Å². The summed E-state index contributed by atoms with van der Waals surface area (Å²) in [6.45, 7) is 0. The zero-order valence-corrected chi connectivity index (χ0v) is 7.40. The monoisotopic (exact) mass is 182 g/mol. The Bertz CT molecular complexity index is 293. The first-order chi connectivity index (χ1) is 5.36. The van der Waals surface area contributed by atoms with Crippen LogP contribution in [0, 0.1) is 0 Å². The lowest BCUT2D eigenvalue weighted by atomic mass is 10.2. The second-order valence-corrected chi connectivity index (χ2v) is 4.28. The summed E-state index contributed by atoms with van der Waals surface area (Å²) < 4.78 is 0.102. The van der Waals surface area contributed by atoms with E-state index in [4.69, 9.17) is 11.6 Å². The SMILES string of the molecule is Cl[C@H]1C=Cc2ccccc2S1. The van der Waals surface area contributed by atoms with Crippen LogP contribution in [-0.4, -0.2) is 4.71 Å². The summed E-state index contributed by atoms with van der Waals surface area (Å²) in [5, 5.41) is 0. The van der Waals surface area contributed by atoms with Crippen LogP contribution in [0.1, 0.15) is 5.56 Å². The Morgan fingerprint density at radius 2 is 2.09 bits per heavy atom. The lowest BCUT2D eigenvalue weighted by Gasteiger charge is -2.12. The second kappa shape index (κ2) is 2.92. The average molecular weight is 183 g/mol. The third-order valence-electron chi connectivity index (χ3n) is 1.59. The van der Waals surface area contributed by atoms with Crippen molar-refractivity contribution in [3.05, 3.63) is 35.9 Å². The molecular weight excluding hydrogens is 176 g/mol. The maximum Gasteiger partial charge on any atom is 0.102 e. The molecule has 0 saturated heterocycles. The van der Waals surface area contributed by atoms with E-state index < -0.39 is 0 Å². The molecule has 0 fully saturated rings. The molecule has 1 aliphatic heterocycles. The van der Waals surface area contributed by atoms with Gasteiger partial charge in [-0.25, -0.2) is 0 Å². The minimum absolute atomic E-state index is 0.102. The Morgan fingerprint density at radius 1 is 1.27 bits per heavy atom. The average Bonchev–Trinajstić information content (AvgIpc) is 2.04. The van der Waals surface area contributed by atoms with Gasteiger partial charge >= 0.3 is 0 Å². The summed E-state index contributed by atoms with van der Waals surface area (Å²) in [6, 6.07) is 8.27. The summed E-state index contributed by atoms with van der Waals surface area (Å²) in [4.78, 5) is 1.27. The number of fused-ring (bicyclic) bond motifs is 1. The van der Waals surface area contributed by atoms with Gasteiger partial charge in [0, 0.05) is 4.90 Å². The van der Waals surface area contributed by atoms with Crippen LogP contribution in [0.3, 0.4) is 0 Å². The van der Waals surface area contributed by atoms with Crippen molar-refractivity contribution in [1.82, 2.24) is 0 Å². The van der Waals surface area contributed by atoms with Gasteiger partial charge in [-0.3, -0.25) is 0 Å². The maximum atomic E-state index is 5.92. The van der Waals surface area contributed by atoms with E-state index in [0.717, 1.165) is 0 Å². The molecule has 0 bridgehead atoms. The van der Waals surface area contributed by atoms with E-state index >= 15 is 0 Å². The van der Waals surface area contributed by atoms with E-state index in [1.54, 1.807) is 11.8 Å². The molecule has 1 atom stereocenters. The van der Waals surface area contributed by atoms with Crippen LogP contribution in [-0.2, 0) is 0 Å². The van der Waals surface area contributed by atoms with Crippen molar-refractivity contribution in [2.45, 2.75) is 9.60 Å². The lowest BCUT2D eigenvalue weighted by molar-refractivity contribution is 1.38. The molecular formula is C9H7ClS. The molecule has 1 aromatic carbocycles. The Labute approximate surface area is 75.3 Å². The first kappa shape index (κ1) is 7.26. The van der Waals surface area contributed by atoms with Crippen molar-refractivity contribution in [1.29, 1.82) is 0 Å². The molecule has 0 aromatic heterocycles. The molecule has 0 nitrogen and oxygen atoms in total. The molecule has 1 heterocycles. The van der Waals surface area contributed by atoms with Gasteiger partial charge in [0.15, 0.2) is 0 Å². The van der Waals surface area contributed by atoms with Gasteiger partial charge in [0.1, 0.15) is 4.71 Å². The van der Waals surface area contributed by atoms with Crippen molar-refractivity contribution in [2.24, 2.45) is 0 Å². The standard InChI is InChI=1S/C9H7ClS/c10-9-6-5-7-3-1-2-4-8(7)11-9/h1-6,9H/t9-/m1/s1. The molecule has 0 spiro atoms. The molecule has 0 saturated carbocycles. The van der Waals surface area contributed by atoms with Crippen LogP contribution < -0.4 is 0 Å². The minimum Gasteiger partial charge on any atom is -0.106 e. The Balaban J connectivity index is 2.46. The molecule has 2 heteroatoms. The number of hydrogen-bond acceptors (Lipinski definition) is 1. The largest absolute Gasteiger partial charge is 0.106 e. The van der Waals surface area contributed by atoms with Crippen LogP contribution in [0.25, 0.3) is 6.08 Å². The van der Waals surface area contributed by atoms with E-state index in [-0.39, 0.29) is 4.71 Å². The van der Waals surface area contributed by atoms with Gasteiger partial charge < -0.3 is 0 Å². The first-order valence-corrected chi connectivity index (χ1v) is 4.76. The van der Waals surface area contributed by atoms with Gasteiger partial charge in [0.05, 0.1) is 0 Å². The molecule has 2 rings (SSSR count). The Hall–Kier alpha value is -0.400. The van der Waals surface area contributed by atoms with Crippen LogP contribution in [0.2, 0.25) is 0 Å². The van der Waals surface area contributed by atoms with Gasteiger partial charge in [-0.15, -0.1) is 23.4 Å². The van der Waals surface area contributed by atoms with E-state index in [9.17, 15) is 0 Å². The summed E-state index contributed by atoms with van der Waals surface area (Å²) in [5.74, 6) is 0. The highest BCUT2D eigenvalue weighted by atomic mass is 35.5. The highest BCUT2D eigenvalue weighted by Crippen LogP contribution is 2.34. The molecule has 11 heavy (non-hydrogen) atoms. The molecule has 0 aliphatic carbocycles. The van der Waals surface area contributed by atoms with Crippen molar-refractivity contribution < 1.29 is 0 Å². The number of thioether (sulfide) groups is 1. The highest BCUT2D eigenvalue weighted by molar-refractivity contribution is 8.01. The summed E-state index contributed by atoms with van der Waals surface area (Å²) >= 11 is 7.61. The molecule has 1 aliphatic rings. The maximum absolute atomic E-state index is 5.92. The molecule has 0 amide bonds. The number of halogens is 1. The zero-order chi connectivity index (χ0) is 7.68. The van der Waals surface area contributed by atoms with Gasteiger partial charge in [-0.2, -0.15) is 0 Å². The predicted octanol–water partition coefficient (Wildman–Crippen LogP) is 3.37. The van der Waals surface area contributed by atoms with Crippen molar-refractivity contribution in [3.63, 3.8) is 0 Å². The van der Waals surface area contributed by atoms with E-state index in [0.29, 0.717) is 0 Å². The first-order valence-electron chi connectivity index (χ1n) is 3.44. The summed E-state index contributed by atoms with van der Waals surface area (Å²) in [5.41, 5.74) is 1.27. The number of alkyl halides is 1. The quantitative estimate of drug-likeness (QED) is 0.555. The molecule has 0 unspecified atom stereocenters. The van der Waals surface area contributed by atoms with Gasteiger partial charge in [0.25, 0.3) is 0 Å². The minimum atomic E-state index is 0.102. The number of hydrogen-bond donors (Lipinski definition) is 0. The van der Waals surface area contributed by atoms with Crippen LogP contribution in [0.5, 0.6) is 0 Å². The zero-order valence-electron chi connectivity index (χ0n) is 5.83. The molecule has 0 N–H and O–H groups in total. The third-order valence-corrected chi connectivity index (χ3v) is 3.01. The Kier molecular flexibility index (Phi) is 1.93. The lowest BCUT2D eigenvalue weighted by Crippen LogP contribution is -1.92. The van der Waals surface area contributed by atoms with Crippen molar-refractivity contribution in [2.75, 3.05) is 0 Å². The summed E-state index contributed by atoms with van der Waals surface area (Å²) in [6.07, 6.45) is 4.08. The van der Waals surface area contributed by atoms with Crippen LogP contribution >= 0.6 is 23.4 Å². The van der Waals surface area contributed by atoms with Crippen LogP contribution in [0.4, 0.5) is 0 Å². The fourth-order valence-corrected chi connectivity index (χ4v) is 2.26. The van der Waals surface area contributed by atoms with Crippen molar-refractivity contribution >= 4 is 29.4 Å². The normalized spacial score (nSPS) is 21.4. The molecule has 56 valence electrons. The van der Waals surface area contributed by atoms with Crippen LogP contribution in [0.15, 0.2) is 35.2 Å². The van der Waals surface area contributed by atoms with E-state index in [1.165, 1.54) is 10.5 Å². The third kappa shape index (κ3) is 1.44. The second-order valence-electron chi connectivity index (χ2n) is 2.37. The fourth-order valence-electron chi connectivity index (χ4n) is 1.07. The fraction of sp³-hybridized carbons (Fsp3) is 0.111. The topological polar surface area (TPSA) is 0 Å². The van der Waals surface area contributed by atoms with E-state index in [1.807, 2.05) is 18.2 Å². The van der Waals surface area contributed by atoms with Crippen molar-refractivity contribution in [3.8, 4) is 0 Å². The molecule has 1 aromatic rings. The highest BCUT2D eigenvalue weighted by Gasteiger charge is 2.09. The summed E-state index contributed by atoms with van der Waals surface area (Å²) in [7, 11) is 0. The van der Waals surface area contributed by atoms with Gasteiger partial charge in [-0.1, -0.05) is 30.4 Å². The number of rotatable bonds is 0. The Morgan fingerprint density at radius 3 is 3.00 bits per heavy atom. The van der Waals surface area contributed by atoms with E-state index in [2.05, 4.69) is 18.2 Å². The number of benzene rings is 1. The van der Waals surface area contributed by atoms with Gasteiger partial charge in [0.2, 0.25) is 0 Å².